The summed E-state index contributed by atoms with van der Waals surface area (Å²) in [5.74, 6) is -0.0625. The number of sulfone groups is 1. The zero-order valence-electron chi connectivity index (χ0n) is 18.9. The Kier molecular flexibility index (Phi) is 6.60. The Hall–Kier alpha value is -3.38. The Morgan fingerprint density at radius 3 is 2.40 bits per heavy atom. The van der Waals surface area contributed by atoms with Crippen molar-refractivity contribution in [3.8, 4) is 22.4 Å². The van der Waals surface area contributed by atoms with Crippen LogP contribution < -0.4 is 0 Å². The van der Waals surface area contributed by atoms with Crippen molar-refractivity contribution in [2.24, 2.45) is 0 Å². The van der Waals surface area contributed by atoms with E-state index in [1.165, 1.54) is 19.9 Å². The molecule has 2 aliphatic rings. The van der Waals surface area contributed by atoms with Crippen LogP contribution in [0.2, 0.25) is 0 Å². The minimum Gasteiger partial charge on any atom is -0.512 e. The van der Waals surface area contributed by atoms with Crippen LogP contribution in [0.5, 0.6) is 0 Å². The molecule has 1 radical (unpaired) electrons. The molecule has 4 aromatic rings. The van der Waals surface area contributed by atoms with Gasteiger partial charge in [-0.1, -0.05) is 54.1 Å². The van der Waals surface area contributed by atoms with Gasteiger partial charge in [0.2, 0.25) is 0 Å². The molecular weight excluding hydrogens is 639 g/mol. The van der Waals surface area contributed by atoms with Gasteiger partial charge in [0, 0.05) is 31.6 Å². The summed E-state index contributed by atoms with van der Waals surface area (Å²) in [6.07, 6.45) is 5.32. The van der Waals surface area contributed by atoms with Gasteiger partial charge in [-0.05, 0) is 53.3 Å². The fraction of sp³-hybridized carbons (Fsp3) is 0.0714. The number of aliphatic hydroxyl groups is 1. The van der Waals surface area contributed by atoms with Gasteiger partial charge in [-0.15, -0.1) is 23.8 Å². The van der Waals surface area contributed by atoms with E-state index in [0.29, 0.717) is 20.9 Å². The van der Waals surface area contributed by atoms with Gasteiger partial charge in [0.1, 0.15) is 0 Å². The Morgan fingerprint density at radius 2 is 1.69 bits per heavy atom. The third kappa shape index (κ3) is 4.39. The standard InChI is InChI=1S/C23H12NO2S.C5H8O2.Ir/c25-27(26)21-7-2-1-5-17(21)18-11-10-15(13-22(18)27)20-12-16-9-8-14-4-3-6-19(24-20)23(14)16;1-4(6)3-5(2)7;/h1-9,11-13H;3,6H,1-2H3;/q-1;;. The minimum atomic E-state index is -3.51. The van der Waals surface area contributed by atoms with Crippen LogP contribution in [-0.2, 0) is 34.7 Å². The monoisotopic (exact) mass is 659 g/mol. The maximum absolute atomic E-state index is 13.0. The molecule has 3 aromatic carbocycles. The van der Waals surface area contributed by atoms with Gasteiger partial charge in [-0.25, -0.2) is 8.42 Å². The Balaban J connectivity index is 0.000000320. The third-order valence-electron chi connectivity index (χ3n) is 5.70. The van der Waals surface area contributed by atoms with Gasteiger partial charge >= 0.3 is 0 Å². The van der Waals surface area contributed by atoms with Crippen molar-refractivity contribution < 1.29 is 38.4 Å². The van der Waals surface area contributed by atoms with Crippen LogP contribution in [0.15, 0.2) is 82.3 Å². The van der Waals surface area contributed by atoms with Crippen LogP contribution in [0.25, 0.3) is 45.4 Å². The summed E-state index contributed by atoms with van der Waals surface area (Å²) in [7, 11) is -3.51. The molecular formula is C28H20IrNO4S-. The summed E-state index contributed by atoms with van der Waals surface area (Å²) in [4.78, 5) is 15.5. The van der Waals surface area contributed by atoms with Gasteiger partial charge in [0.15, 0.2) is 15.6 Å². The molecule has 0 amide bonds. The minimum absolute atomic E-state index is 0. The molecule has 0 atom stereocenters. The normalized spacial score (nSPS) is 13.9. The zero-order chi connectivity index (χ0) is 24.0. The summed E-state index contributed by atoms with van der Waals surface area (Å²) < 4.78 is 25.9. The number of rotatable bonds is 2. The topological polar surface area (TPSA) is 84.3 Å². The number of allylic oxidation sites excluding steroid dienone is 2. The van der Waals surface area contributed by atoms with E-state index in [1.807, 2.05) is 30.3 Å². The summed E-state index contributed by atoms with van der Waals surface area (Å²) in [5, 5.41) is 9.50. The zero-order valence-corrected chi connectivity index (χ0v) is 22.1. The number of hydrogen-bond acceptors (Lipinski definition) is 5. The number of carbonyl (C=O) groups is 1. The Morgan fingerprint density at radius 1 is 0.943 bits per heavy atom. The van der Waals surface area contributed by atoms with Crippen LogP contribution in [-0.4, -0.2) is 24.3 Å². The molecule has 0 bridgehead atoms. The van der Waals surface area contributed by atoms with Crippen molar-refractivity contribution in [3.05, 3.63) is 89.7 Å². The van der Waals surface area contributed by atoms with E-state index < -0.39 is 9.84 Å². The molecule has 35 heavy (non-hydrogen) atoms. The first kappa shape index (κ1) is 24.7. The molecule has 0 spiro atoms. The number of nitrogens with zero attached hydrogens (tertiary/aromatic N) is 1. The number of carbonyl (C=O) groups excluding carboxylic acids is 1. The Bertz CT molecular complexity index is 1670. The molecule has 1 aliphatic carbocycles. The van der Waals surface area contributed by atoms with Crippen LogP contribution in [0, 0.1) is 6.07 Å². The van der Waals surface area contributed by atoms with Crippen LogP contribution in [0.4, 0.5) is 0 Å². The average molecular weight is 659 g/mol. The maximum Gasteiger partial charge on any atom is 0.189 e. The van der Waals surface area contributed by atoms with E-state index in [2.05, 4.69) is 24.3 Å². The quantitative estimate of drug-likeness (QED) is 0.140. The van der Waals surface area contributed by atoms with Crippen molar-refractivity contribution in [2.75, 3.05) is 0 Å². The van der Waals surface area contributed by atoms with Crippen molar-refractivity contribution in [1.82, 2.24) is 4.98 Å². The molecule has 1 N–H and O–H groups in total. The van der Waals surface area contributed by atoms with Gasteiger partial charge in [-0.2, -0.15) is 0 Å². The molecule has 5 nitrogen and oxygen atoms in total. The average Bonchev–Trinajstić information content (AvgIpc) is 3.32. The van der Waals surface area contributed by atoms with Crippen LogP contribution in [0.3, 0.4) is 0 Å². The largest absolute Gasteiger partial charge is 0.512 e. The predicted molar refractivity (Wildman–Crippen MR) is 133 cm³/mol. The smallest absolute Gasteiger partial charge is 0.189 e. The summed E-state index contributed by atoms with van der Waals surface area (Å²) in [5.41, 5.74) is 6.05. The molecule has 6 rings (SSSR count). The molecule has 1 aromatic heterocycles. The first-order valence-corrected chi connectivity index (χ1v) is 12.1. The van der Waals surface area contributed by atoms with Crippen molar-refractivity contribution >= 4 is 38.7 Å². The number of aromatic nitrogens is 1. The number of pyridine rings is 1. The van der Waals surface area contributed by atoms with Gasteiger partial charge in [-0.3, -0.25) is 9.78 Å². The van der Waals surface area contributed by atoms with Gasteiger partial charge in [0.25, 0.3) is 0 Å². The van der Waals surface area contributed by atoms with Crippen molar-refractivity contribution in [1.29, 1.82) is 0 Å². The molecule has 7 heteroatoms. The van der Waals surface area contributed by atoms with Crippen molar-refractivity contribution in [2.45, 2.75) is 23.6 Å². The summed E-state index contributed by atoms with van der Waals surface area (Å²) in [6.45, 7) is 2.85. The number of aliphatic hydroxyl groups excluding tert-OH is 1. The fourth-order valence-electron chi connectivity index (χ4n) is 4.32. The SMILES string of the molecule is CC(=O)C=C(C)O.O=S1(=O)c2ccccc2-c2c[c-]c(-c3cc4c5c(cccc5n3)C=C4)cc21.[Ir]. The molecule has 0 saturated heterocycles. The summed E-state index contributed by atoms with van der Waals surface area (Å²) >= 11 is 0. The van der Waals surface area contributed by atoms with Crippen LogP contribution in [0.1, 0.15) is 25.0 Å². The number of ketones is 1. The van der Waals surface area contributed by atoms with E-state index in [0.717, 1.165) is 33.3 Å². The molecule has 0 saturated carbocycles. The number of fused-ring (bicyclic) bond motifs is 3. The van der Waals surface area contributed by atoms with E-state index in [-0.39, 0.29) is 31.6 Å². The predicted octanol–water partition coefficient (Wildman–Crippen LogP) is 6.03. The maximum atomic E-state index is 13.0. The number of hydrogen-bond donors (Lipinski definition) is 1. The fourth-order valence-corrected chi connectivity index (χ4v) is 6.02. The molecule has 0 unspecified atom stereocenters. The second-order valence-electron chi connectivity index (χ2n) is 8.19. The van der Waals surface area contributed by atoms with E-state index in [1.54, 1.807) is 24.3 Å². The third-order valence-corrected chi connectivity index (χ3v) is 7.55. The van der Waals surface area contributed by atoms with E-state index >= 15 is 0 Å². The molecule has 0 fully saturated rings. The first-order valence-electron chi connectivity index (χ1n) is 10.7. The van der Waals surface area contributed by atoms with Crippen LogP contribution >= 0.6 is 0 Å². The first-order chi connectivity index (χ1) is 16.3. The molecule has 2 heterocycles. The second kappa shape index (κ2) is 9.34. The van der Waals surface area contributed by atoms with E-state index in [9.17, 15) is 13.2 Å². The molecule has 1 aliphatic heterocycles. The van der Waals surface area contributed by atoms with Gasteiger partial charge in [0.05, 0.1) is 16.2 Å². The van der Waals surface area contributed by atoms with Crippen molar-refractivity contribution in [3.63, 3.8) is 0 Å². The van der Waals surface area contributed by atoms with Gasteiger partial charge < -0.3 is 5.11 Å². The Labute approximate surface area is 217 Å². The number of benzene rings is 3. The molecule has 177 valence electrons. The second-order valence-corrected chi connectivity index (χ2v) is 10.1. The summed E-state index contributed by atoms with van der Waals surface area (Å²) in [6, 6.07) is 21.9. The van der Waals surface area contributed by atoms with E-state index in [4.69, 9.17) is 10.1 Å².